The van der Waals surface area contributed by atoms with E-state index in [1.807, 2.05) is 6.92 Å². The molecule has 0 spiro atoms. The van der Waals surface area contributed by atoms with Gasteiger partial charge in [0.25, 0.3) is 0 Å². The summed E-state index contributed by atoms with van der Waals surface area (Å²) in [7, 11) is 0. The smallest absolute Gasteiger partial charge is 0.223 e. The maximum atomic E-state index is 11.7. The van der Waals surface area contributed by atoms with E-state index in [1.54, 1.807) is 0 Å². The summed E-state index contributed by atoms with van der Waals surface area (Å²) in [6.45, 7) is 2.89. The summed E-state index contributed by atoms with van der Waals surface area (Å²) < 4.78 is 0. The molecule has 0 rings (SSSR count). The second-order valence-corrected chi connectivity index (χ2v) is 3.54. The van der Waals surface area contributed by atoms with Crippen LogP contribution in [0.5, 0.6) is 0 Å². The molecule has 0 aliphatic rings. The summed E-state index contributed by atoms with van der Waals surface area (Å²) in [5.74, 6) is 0.146. The predicted molar refractivity (Wildman–Crippen MR) is 58.2 cm³/mol. The van der Waals surface area contributed by atoms with Crippen LogP contribution < -0.4 is 5.73 Å². The van der Waals surface area contributed by atoms with E-state index in [9.17, 15) is 4.79 Å². The Hall–Kier alpha value is -0.650. The summed E-state index contributed by atoms with van der Waals surface area (Å²) in [6.07, 6.45) is 1.27. The molecule has 5 nitrogen and oxygen atoms in total. The van der Waals surface area contributed by atoms with Crippen LogP contribution in [0.1, 0.15) is 19.8 Å². The molecule has 90 valence electrons. The monoisotopic (exact) mass is 218 g/mol. The van der Waals surface area contributed by atoms with Crippen LogP contribution in [0, 0.1) is 5.92 Å². The van der Waals surface area contributed by atoms with Gasteiger partial charge in [-0.1, -0.05) is 13.3 Å². The minimum atomic E-state index is -0.0782. The van der Waals surface area contributed by atoms with Crippen molar-refractivity contribution in [2.75, 3.05) is 32.8 Å². The van der Waals surface area contributed by atoms with Crippen LogP contribution in [0.2, 0.25) is 0 Å². The molecule has 1 atom stereocenters. The number of rotatable bonds is 8. The van der Waals surface area contributed by atoms with Gasteiger partial charge in [-0.2, -0.15) is 0 Å². The van der Waals surface area contributed by atoms with E-state index in [0.29, 0.717) is 13.0 Å². The van der Waals surface area contributed by atoms with Crippen molar-refractivity contribution in [1.29, 1.82) is 0 Å². The maximum Gasteiger partial charge on any atom is 0.223 e. The standard InChI is InChI=1S/C10H22N2O3/c1-2-9(8-11)7-10(15)12(3-5-13)4-6-14/h9,13-14H,2-8,11H2,1H3. The molecule has 0 aromatic heterocycles. The fourth-order valence-corrected chi connectivity index (χ4v) is 1.37. The minimum absolute atomic E-state index is 0.0459. The van der Waals surface area contributed by atoms with Crippen molar-refractivity contribution in [2.45, 2.75) is 19.8 Å². The van der Waals surface area contributed by atoms with Crippen molar-refractivity contribution in [3.05, 3.63) is 0 Å². The highest BCUT2D eigenvalue weighted by Gasteiger charge is 2.16. The van der Waals surface area contributed by atoms with Crippen molar-refractivity contribution >= 4 is 5.91 Å². The minimum Gasteiger partial charge on any atom is -0.395 e. The van der Waals surface area contributed by atoms with Gasteiger partial charge in [0.2, 0.25) is 5.91 Å². The lowest BCUT2D eigenvalue weighted by molar-refractivity contribution is -0.133. The molecule has 0 bridgehead atoms. The number of carbonyl (C=O) groups is 1. The molecule has 0 fully saturated rings. The fourth-order valence-electron chi connectivity index (χ4n) is 1.37. The van der Waals surface area contributed by atoms with Gasteiger partial charge in [-0.15, -0.1) is 0 Å². The number of nitrogens with zero attached hydrogens (tertiary/aromatic N) is 1. The maximum absolute atomic E-state index is 11.7. The molecule has 0 heterocycles. The fraction of sp³-hybridized carbons (Fsp3) is 0.900. The van der Waals surface area contributed by atoms with E-state index in [-0.39, 0.29) is 38.1 Å². The molecule has 0 saturated carbocycles. The zero-order chi connectivity index (χ0) is 11.7. The Morgan fingerprint density at radius 1 is 1.33 bits per heavy atom. The van der Waals surface area contributed by atoms with E-state index >= 15 is 0 Å². The highest BCUT2D eigenvalue weighted by molar-refractivity contribution is 5.76. The number of aliphatic hydroxyl groups is 2. The highest BCUT2D eigenvalue weighted by Crippen LogP contribution is 2.08. The predicted octanol–water partition coefficient (Wildman–Crippen LogP) is -0.825. The van der Waals surface area contributed by atoms with E-state index in [2.05, 4.69) is 0 Å². The summed E-state index contributed by atoms with van der Waals surface area (Å²) >= 11 is 0. The molecule has 0 aliphatic carbocycles. The van der Waals surface area contributed by atoms with Crippen LogP contribution in [0.15, 0.2) is 0 Å². The van der Waals surface area contributed by atoms with Gasteiger partial charge in [0, 0.05) is 19.5 Å². The normalized spacial score (nSPS) is 12.5. The first-order valence-corrected chi connectivity index (χ1v) is 5.39. The van der Waals surface area contributed by atoms with Gasteiger partial charge in [-0.3, -0.25) is 4.79 Å². The molecule has 0 aromatic rings. The third-order valence-corrected chi connectivity index (χ3v) is 2.47. The average Bonchev–Trinajstić information content (AvgIpc) is 2.25. The van der Waals surface area contributed by atoms with Crippen LogP contribution in [0.3, 0.4) is 0 Å². The topological polar surface area (TPSA) is 86.8 Å². The summed E-state index contributed by atoms with van der Waals surface area (Å²) in [6, 6.07) is 0. The Balaban J connectivity index is 4.10. The molecule has 1 amide bonds. The lowest BCUT2D eigenvalue weighted by Crippen LogP contribution is -2.37. The lowest BCUT2D eigenvalue weighted by atomic mass is 10.0. The SMILES string of the molecule is CCC(CN)CC(=O)N(CCO)CCO. The summed E-state index contributed by atoms with van der Waals surface area (Å²) in [5.41, 5.74) is 5.51. The van der Waals surface area contributed by atoms with E-state index < -0.39 is 0 Å². The van der Waals surface area contributed by atoms with Crippen molar-refractivity contribution in [3.8, 4) is 0 Å². The molecule has 0 radical (unpaired) electrons. The number of nitrogens with two attached hydrogens (primary N) is 1. The van der Waals surface area contributed by atoms with Gasteiger partial charge in [-0.25, -0.2) is 0 Å². The molecule has 0 aliphatic heterocycles. The Labute approximate surface area is 90.9 Å². The Morgan fingerprint density at radius 3 is 2.20 bits per heavy atom. The van der Waals surface area contributed by atoms with Gasteiger partial charge in [0.05, 0.1) is 13.2 Å². The van der Waals surface area contributed by atoms with Gasteiger partial charge < -0.3 is 20.8 Å². The molecule has 5 heteroatoms. The third kappa shape index (κ3) is 5.71. The van der Waals surface area contributed by atoms with Gasteiger partial charge in [0.1, 0.15) is 0 Å². The van der Waals surface area contributed by atoms with Crippen molar-refractivity contribution < 1.29 is 15.0 Å². The van der Waals surface area contributed by atoms with E-state index in [0.717, 1.165) is 6.42 Å². The van der Waals surface area contributed by atoms with Crippen LogP contribution in [-0.2, 0) is 4.79 Å². The first-order chi connectivity index (χ1) is 7.19. The first-order valence-electron chi connectivity index (χ1n) is 5.39. The second-order valence-electron chi connectivity index (χ2n) is 3.54. The molecule has 15 heavy (non-hydrogen) atoms. The third-order valence-electron chi connectivity index (χ3n) is 2.47. The van der Waals surface area contributed by atoms with E-state index in [1.165, 1.54) is 4.90 Å². The number of aliphatic hydroxyl groups excluding tert-OH is 2. The number of amides is 1. The highest BCUT2D eigenvalue weighted by atomic mass is 16.3. The molecular formula is C10H22N2O3. The van der Waals surface area contributed by atoms with Crippen molar-refractivity contribution in [1.82, 2.24) is 4.90 Å². The van der Waals surface area contributed by atoms with Gasteiger partial charge in [-0.05, 0) is 12.5 Å². The summed E-state index contributed by atoms with van der Waals surface area (Å²) in [5, 5.41) is 17.5. The number of hydrogen-bond donors (Lipinski definition) is 3. The quantitative estimate of drug-likeness (QED) is 0.496. The number of carbonyl (C=O) groups excluding carboxylic acids is 1. The molecule has 1 unspecified atom stereocenters. The molecular weight excluding hydrogens is 196 g/mol. The largest absolute Gasteiger partial charge is 0.395 e. The summed E-state index contributed by atoms with van der Waals surface area (Å²) in [4.78, 5) is 13.2. The zero-order valence-corrected chi connectivity index (χ0v) is 9.35. The lowest BCUT2D eigenvalue weighted by Gasteiger charge is -2.22. The van der Waals surface area contributed by atoms with Crippen LogP contribution in [0.4, 0.5) is 0 Å². The van der Waals surface area contributed by atoms with Crippen LogP contribution in [-0.4, -0.2) is 53.9 Å². The Morgan fingerprint density at radius 2 is 1.87 bits per heavy atom. The van der Waals surface area contributed by atoms with Crippen molar-refractivity contribution in [3.63, 3.8) is 0 Å². The molecule has 0 aromatic carbocycles. The van der Waals surface area contributed by atoms with Crippen LogP contribution in [0.25, 0.3) is 0 Å². The van der Waals surface area contributed by atoms with E-state index in [4.69, 9.17) is 15.9 Å². The molecule has 0 saturated heterocycles. The van der Waals surface area contributed by atoms with Gasteiger partial charge in [0.15, 0.2) is 0 Å². The van der Waals surface area contributed by atoms with Crippen LogP contribution >= 0.6 is 0 Å². The first kappa shape index (κ1) is 14.3. The number of hydrogen-bond acceptors (Lipinski definition) is 4. The van der Waals surface area contributed by atoms with Crippen molar-refractivity contribution in [2.24, 2.45) is 11.7 Å². The Kier molecular flexibility index (Phi) is 8.27. The zero-order valence-electron chi connectivity index (χ0n) is 9.35. The Bertz CT molecular complexity index is 166. The molecule has 4 N–H and O–H groups in total. The average molecular weight is 218 g/mol. The second kappa shape index (κ2) is 8.64. The van der Waals surface area contributed by atoms with Gasteiger partial charge >= 0.3 is 0 Å².